The number of anilines is 1. The quantitative estimate of drug-likeness (QED) is 0.780. The van der Waals surface area contributed by atoms with E-state index < -0.39 is 0 Å². The van der Waals surface area contributed by atoms with E-state index in [0.717, 1.165) is 36.8 Å². The topological polar surface area (TPSA) is 29.0 Å². The predicted octanol–water partition coefficient (Wildman–Crippen LogP) is 5.03. The van der Waals surface area contributed by atoms with E-state index in [2.05, 4.69) is 38.1 Å². The summed E-state index contributed by atoms with van der Waals surface area (Å²) in [5, 5.41) is 0. The summed E-state index contributed by atoms with van der Waals surface area (Å²) in [5.41, 5.74) is 1.36. The molecule has 0 aromatic carbocycles. The second kappa shape index (κ2) is 7.63. The number of aromatic nitrogens is 2. The van der Waals surface area contributed by atoms with E-state index in [0.29, 0.717) is 5.92 Å². The van der Waals surface area contributed by atoms with Gasteiger partial charge in [0, 0.05) is 25.5 Å². The minimum atomic E-state index is 0.693. The molecule has 3 nitrogen and oxygen atoms in total. The molecule has 2 aliphatic rings. The maximum absolute atomic E-state index is 4.70. The van der Waals surface area contributed by atoms with Gasteiger partial charge in [-0.05, 0) is 67.8 Å². The molecule has 1 aromatic rings. The maximum Gasteiger partial charge on any atom is 0.225 e. The molecule has 0 radical (unpaired) electrons. The van der Waals surface area contributed by atoms with Crippen LogP contribution in [0.25, 0.3) is 0 Å². The largest absolute Gasteiger partial charge is 0.341 e. The van der Waals surface area contributed by atoms with E-state index in [1.807, 2.05) is 0 Å². The summed E-state index contributed by atoms with van der Waals surface area (Å²) < 4.78 is 0. The second-order valence-corrected chi connectivity index (χ2v) is 8.01. The molecule has 23 heavy (non-hydrogen) atoms. The molecule has 2 heterocycles. The van der Waals surface area contributed by atoms with Crippen molar-refractivity contribution in [2.45, 2.75) is 71.6 Å². The normalized spacial score (nSPS) is 26.7. The zero-order chi connectivity index (χ0) is 16.2. The highest BCUT2D eigenvalue weighted by Crippen LogP contribution is 2.36. The first-order valence-corrected chi connectivity index (χ1v) is 9.74. The highest BCUT2D eigenvalue weighted by Gasteiger charge is 2.24. The first-order valence-electron chi connectivity index (χ1n) is 9.74. The molecule has 0 atom stereocenters. The van der Waals surface area contributed by atoms with E-state index in [4.69, 9.17) is 9.97 Å². The van der Waals surface area contributed by atoms with E-state index in [-0.39, 0.29) is 0 Å². The third-order valence-corrected chi connectivity index (χ3v) is 6.32. The lowest BCUT2D eigenvalue weighted by atomic mass is 9.78. The molecule has 0 unspecified atom stereocenters. The van der Waals surface area contributed by atoms with Crippen LogP contribution in [0, 0.1) is 17.8 Å². The fraction of sp³-hybridized carbons (Fsp3) is 0.800. The Morgan fingerprint density at radius 1 is 1.00 bits per heavy atom. The Hall–Kier alpha value is -1.12. The third-order valence-electron chi connectivity index (χ3n) is 6.32. The maximum atomic E-state index is 4.70. The van der Waals surface area contributed by atoms with Crippen molar-refractivity contribution >= 4 is 5.95 Å². The second-order valence-electron chi connectivity index (χ2n) is 8.01. The third kappa shape index (κ3) is 4.05. The molecule has 1 aromatic heterocycles. The summed E-state index contributed by atoms with van der Waals surface area (Å²) in [4.78, 5) is 11.8. The zero-order valence-electron chi connectivity index (χ0n) is 15.2. The van der Waals surface area contributed by atoms with Crippen molar-refractivity contribution in [3.8, 4) is 0 Å². The number of rotatable bonds is 4. The van der Waals surface area contributed by atoms with Crippen LogP contribution < -0.4 is 4.90 Å². The Morgan fingerprint density at radius 3 is 2.13 bits per heavy atom. The van der Waals surface area contributed by atoms with Gasteiger partial charge in [0.2, 0.25) is 5.95 Å². The molecule has 0 bridgehead atoms. The number of hydrogen-bond acceptors (Lipinski definition) is 3. The van der Waals surface area contributed by atoms with Gasteiger partial charge < -0.3 is 4.90 Å². The van der Waals surface area contributed by atoms with Crippen molar-refractivity contribution in [3.05, 3.63) is 18.0 Å². The fourth-order valence-corrected chi connectivity index (χ4v) is 4.38. The molecule has 2 fully saturated rings. The van der Waals surface area contributed by atoms with Crippen molar-refractivity contribution in [1.29, 1.82) is 0 Å². The molecule has 0 amide bonds. The summed E-state index contributed by atoms with van der Waals surface area (Å²) >= 11 is 0. The number of nitrogens with zero attached hydrogens (tertiary/aromatic N) is 3. The van der Waals surface area contributed by atoms with Crippen LogP contribution in [0.3, 0.4) is 0 Å². The van der Waals surface area contributed by atoms with Gasteiger partial charge in [-0.2, -0.15) is 0 Å². The average molecular weight is 316 g/mol. The number of piperidine rings is 1. The van der Waals surface area contributed by atoms with Crippen molar-refractivity contribution in [3.63, 3.8) is 0 Å². The van der Waals surface area contributed by atoms with Gasteiger partial charge in [0.25, 0.3) is 0 Å². The van der Waals surface area contributed by atoms with Gasteiger partial charge in [-0.3, -0.25) is 0 Å². The minimum Gasteiger partial charge on any atom is -0.341 e. The Labute approximate surface area is 141 Å². The zero-order valence-corrected chi connectivity index (χ0v) is 15.2. The first kappa shape index (κ1) is 16.7. The fourth-order valence-electron chi connectivity index (χ4n) is 4.38. The van der Waals surface area contributed by atoms with E-state index in [1.54, 1.807) is 0 Å². The van der Waals surface area contributed by atoms with E-state index in [1.165, 1.54) is 50.5 Å². The van der Waals surface area contributed by atoms with Gasteiger partial charge in [0.05, 0.1) is 0 Å². The van der Waals surface area contributed by atoms with Gasteiger partial charge in [-0.1, -0.05) is 27.2 Å². The molecule has 1 saturated heterocycles. The standard InChI is InChI=1S/C20H33N3/c1-4-16-5-7-18(8-6-16)19-13-21-20(22-14-19)23-11-9-17(10-12-23)15(2)3/h13-18H,4-12H2,1-3H3. The highest BCUT2D eigenvalue weighted by molar-refractivity contribution is 5.31. The van der Waals surface area contributed by atoms with Gasteiger partial charge in [-0.25, -0.2) is 9.97 Å². The van der Waals surface area contributed by atoms with Crippen LogP contribution in [-0.4, -0.2) is 23.1 Å². The summed E-state index contributed by atoms with van der Waals surface area (Å²) in [7, 11) is 0. The summed E-state index contributed by atoms with van der Waals surface area (Å²) in [6.07, 6.45) is 13.5. The monoisotopic (exact) mass is 315 g/mol. The smallest absolute Gasteiger partial charge is 0.225 e. The first-order chi connectivity index (χ1) is 11.2. The molecule has 1 aliphatic carbocycles. The van der Waals surface area contributed by atoms with Gasteiger partial charge in [-0.15, -0.1) is 0 Å². The highest BCUT2D eigenvalue weighted by atomic mass is 15.2. The molecular formula is C20H33N3. The Kier molecular flexibility index (Phi) is 5.55. The Morgan fingerprint density at radius 2 is 1.61 bits per heavy atom. The summed E-state index contributed by atoms with van der Waals surface area (Å²) in [6.45, 7) is 9.25. The van der Waals surface area contributed by atoms with Crippen LogP contribution >= 0.6 is 0 Å². The molecule has 0 spiro atoms. The van der Waals surface area contributed by atoms with Gasteiger partial charge in [0.15, 0.2) is 0 Å². The van der Waals surface area contributed by atoms with Crippen LogP contribution in [0.15, 0.2) is 12.4 Å². The van der Waals surface area contributed by atoms with E-state index >= 15 is 0 Å². The molecule has 3 heteroatoms. The lowest BCUT2D eigenvalue weighted by molar-refractivity contribution is 0.309. The SMILES string of the molecule is CCC1CCC(c2cnc(N3CCC(C(C)C)CC3)nc2)CC1. The molecular weight excluding hydrogens is 282 g/mol. The van der Waals surface area contributed by atoms with Crippen LogP contribution in [0.2, 0.25) is 0 Å². The van der Waals surface area contributed by atoms with Crippen LogP contribution in [0.1, 0.15) is 77.2 Å². The average Bonchev–Trinajstić information content (AvgIpc) is 2.62. The van der Waals surface area contributed by atoms with Crippen molar-refractivity contribution in [1.82, 2.24) is 9.97 Å². The molecule has 0 N–H and O–H groups in total. The molecule has 128 valence electrons. The van der Waals surface area contributed by atoms with Gasteiger partial charge in [0.1, 0.15) is 0 Å². The van der Waals surface area contributed by atoms with Crippen molar-refractivity contribution in [2.24, 2.45) is 17.8 Å². The van der Waals surface area contributed by atoms with Crippen LogP contribution in [-0.2, 0) is 0 Å². The lowest BCUT2D eigenvalue weighted by Gasteiger charge is -2.34. The van der Waals surface area contributed by atoms with E-state index in [9.17, 15) is 0 Å². The van der Waals surface area contributed by atoms with Crippen molar-refractivity contribution in [2.75, 3.05) is 18.0 Å². The Bertz CT molecular complexity index is 466. The van der Waals surface area contributed by atoms with Crippen LogP contribution in [0.4, 0.5) is 5.95 Å². The predicted molar refractivity (Wildman–Crippen MR) is 96.8 cm³/mol. The lowest BCUT2D eigenvalue weighted by Crippen LogP contribution is -2.36. The Balaban J connectivity index is 1.56. The van der Waals surface area contributed by atoms with Crippen molar-refractivity contribution < 1.29 is 0 Å². The van der Waals surface area contributed by atoms with Gasteiger partial charge >= 0.3 is 0 Å². The summed E-state index contributed by atoms with van der Waals surface area (Å²) in [6, 6.07) is 0. The number of hydrogen-bond donors (Lipinski definition) is 0. The summed E-state index contributed by atoms with van der Waals surface area (Å²) in [5.74, 6) is 4.27. The molecule has 1 saturated carbocycles. The molecule has 3 rings (SSSR count). The van der Waals surface area contributed by atoms with Crippen LogP contribution in [0.5, 0.6) is 0 Å². The minimum absolute atomic E-state index is 0.693. The molecule has 1 aliphatic heterocycles.